The fourth-order valence-corrected chi connectivity index (χ4v) is 4.12. The lowest BCUT2D eigenvalue weighted by Gasteiger charge is -2.26. The maximum absolute atomic E-state index is 13.9. The number of benzene rings is 2. The molecule has 2 heterocycles. The Kier molecular flexibility index (Phi) is 7.80. The van der Waals surface area contributed by atoms with E-state index < -0.39 is 0 Å². The summed E-state index contributed by atoms with van der Waals surface area (Å²) in [5, 5.41) is 7.72. The van der Waals surface area contributed by atoms with Crippen molar-refractivity contribution in [3.63, 3.8) is 0 Å². The van der Waals surface area contributed by atoms with Crippen molar-refractivity contribution in [2.24, 2.45) is 0 Å². The molecule has 0 radical (unpaired) electrons. The number of nitrogens with zero attached hydrogens (tertiary/aromatic N) is 3. The minimum Gasteiger partial charge on any atom is -0.438 e. The third kappa shape index (κ3) is 5.56. The lowest BCUT2D eigenvalue weighted by atomic mass is 10.1. The highest BCUT2D eigenvalue weighted by Gasteiger charge is 2.27. The summed E-state index contributed by atoms with van der Waals surface area (Å²) in [6.07, 6.45) is 2.57. The van der Waals surface area contributed by atoms with Crippen LogP contribution in [0.5, 0.6) is 11.6 Å². The van der Waals surface area contributed by atoms with Crippen molar-refractivity contribution in [1.29, 1.82) is 0 Å². The predicted molar refractivity (Wildman–Crippen MR) is 128 cm³/mol. The first-order valence-electron chi connectivity index (χ1n) is 11.8. The predicted octanol–water partition coefficient (Wildman–Crippen LogP) is 5.08. The van der Waals surface area contributed by atoms with Crippen LogP contribution in [0.1, 0.15) is 37.9 Å². The van der Waals surface area contributed by atoms with Gasteiger partial charge in [-0.15, -0.1) is 0 Å². The van der Waals surface area contributed by atoms with Gasteiger partial charge in [0.2, 0.25) is 5.88 Å². The van der Waals surface area contributed by atoms with E-state index in [2.05, 4.69) is 5.32 Å². The zero-order valence-corrected chi connectivity index (χ0v) is 19.7. The third-order valence-electron chi connectivity index (χ3n) is 5.78. The van der Waals surface area contributed by atoms with E-state index in [1.165, 1.54) is 12.1 Å². The largest absolute Gasteiger partial charge is 0.438 e. The van der Waals surface area contributed by atoms with E-state index >= 15 is 0 Å². The molecular weight excluding hydrogens is 435 g/mol. The van der Waals surface area contributed by atoms with E-state index in [0.717, 1.165) is 29.8 Å². The minimum absolute atomic E-state index is 0.00411. The van der Waals surface area contributed by atoms with Gasteiger partial charge in [-0.1, -0.05) is 31.2 Å². The Morgan fingerprint density at radius 3 is 2.74 bits per heavy atom. The molecule has 34 heavy (non-hydrogen) atoms. The standard InChI is InChI=1S/C26H31FN4O3/c1-3-24-23(18-30(26(32)28-4-2)17-22-14-9-15-33-22)25(34-21-13-8-10-19(27)16-21)31(29-24)20-11-6-5-7-12-20/h5-8,10-13,16,22H,3-4,9,14-15,17-18H2,1-2H3,(H,28,32). The first-order chi connectivity index (χ1) is 16.6. The van der Waals surface area contributed by atoms with Crippen molar-refractivity contribution in [3.8, 4) is 17.3 Å². The number of rotatable bonds is 9. The molecule has 0 spiro atoms. The molecule has 3 aromatic rings. The van der Waals surface area contributed by atoms with Gasteiger partial charge in [0.15, 0.2) is 0 Å². The summed E-state index contributed by atoms with van der Waals surface area (Å²) < 4.78 is 27.7. The van der Waals surface area contributed by atoms with Crippen LogP contribution in [0.15, 0.2) is 54.6 Å². The van der Waals surface area contributed by atoms with Crippen LogP contribution in [0.3, 0.4) is 0 Å². The Bertz CT molecular complexity index is 1100. The molecule has 1 aliphatic rings. The first kappa shape index (κ1) is 23.8. The number of urea groups is 1. The number of nitrogens with one attached hydrogen (secondary N) is 1. The molecule has 0 bridgehead atoms. The van der Waals surface area contributed by atoms with Crippen molar-refractivity contribution in [2.75, 3.05) is 19.7 Å². The fraction of sp³-hybridized carbons (Fsp3) is 0.385. The van der Waals surface area contributed by atoms with Crippen LogP contribution in [-0.4, -0.2) is 46.5 Å². The van der Waals surface area contributed by atoms with Gasteiger partial charge in [0.05, 0.1) is 29.6 Å². The molecule has 0 aliphatic carbocycles. The molecule has 1 N–H and O–H groups in total. The number of amides is 2. The molecule has 180 valence electrons. The lowest BCUT2D eigenvalue weighted by molar-refractivity contribution is 0.0793. The average Bonchev–Trinajstić information content (AvgIpc) is 3.47. The van der Waals surface area contributed by atoms with Crippen molar-refractivity contribution in [2.45, 2.75) is 45.8 Å². The van der Waals surface area contributed by atoms with Gasteiger partial charge in [-0.25, -0.2) is 13.9 Å². The molecule has 2 aromatic carbocycles. The Hall–Kier alpha value is -3.39. The smallest absolute Gasteiger partial charge is 0.317 e. The quantitative estimate of drug-likeness (QED) is 0.478. The second kappa shape index (κ2) is 11.2. The summed E-state index contributed by atoms with van der Waals surface area (Å²) in [5.41, 5.74) is 2.43. The second-order valence-corrected chi connectivity index (χ2v) is 8.24. The summed E-state index contributed by atoms with van der Waals surface area (Å²) in [6.45, 7) is 5.93. The molecule has 1 saturated heterocycles. The summed E-state index contributed by atoms with van der Waals surface area (Å²) in [6, 6.07) is 15.5. The number of hydrogen-bond acceptors (Lipinski definition) is 4. The summed E-state index contributed by atoms with van der Waals surface area (Å²) in [7, 11) is 0. The molecule has 1 aromatic heterocycles. The number of carbonyl (C=O) groups excluding carboxylic acids is 1. The van der Waals surface area contributed by atoms with Crippen LogP contribution in [0.4, 0.5) is 9.18 Å². The maximum atomic E-state index is 13.9. The number of aromatic nitrogens is 2. The van der Waals surface area contributed by atoms with Gasteiger partial charge in [-0.05, 0) is 50.5 Å². The van der Waals surface area contributed by atoms with Crippen LogP contribution < -0.4 is 10.1 Å². The van der Waals surface area contributed by atoms with E-state index in [1.54, 1.807) is 21.7 Å². The zero-order valence-electron chi connectivity index (χ0n) is 19.7. The monoisotopic (exact) mass is 466 g/mol. The number of ether oxygens (including phenoxy) is 2. The lowest BCUT2D eigenvalue weighted by Crippen LogP contribution is -2.43. The van der Waals surface area contributed by atoms with E-state index in [1.807, 2.05) is 44.2 Å². The van der Waals surface area contributed by atoms with Crippen molar-refractivity contribution in [1.82, 2.24) is 20.0 Å². The highest BCUT2D eigenvalue weighted by atomic mass is 19.1. The Balaban J connectivity index is 1.75. The van der Waals surface area contributed by atoms with Crippen LogP contribution >= 0.6 is 0 Å². The van der Waals surface area contributed by atoms with Crippen molar-refractivity contribution >= 4 is 6.03 Å². The van der Waals surface area contributed by atoms with Gasteiger partial charge in [-0.2, -0.15) is 5.10 Å². The van der Waals surface area contributed by atoms with E-state index in [4.69, 9.17) is 14.6 Å². The zero-order chi connectivity index (χ0) is 23.9. The Labute approximate surface area is 199 Å². The van der Waals surface area contributed by atoms with E-state index in [-0.39, 0.29) is 18.0 Å². The van der Waals surface area contributed by atoms with E-state index in [9.17, 15) is 9.18 Å². The highest BCUT2D eigenvalue weighted by molar-refractivity contribution is 5.74. The van der Waals surface area contributed by atoms with Crippen LogP contribution in [0.25, 0.3) is 5.69 Å². The topological polar surface area (TPSA) is 68.6 Å². The van der Waals surface area contributed by atoms with Crippen LogP contribution in [0.2, 0.25) is 0 Å². The Morgan fingerprint density at radius 2 is 2.06 bits per heavy atom. The number of halogens is 1. The van der Waals surface area contributed by atoms with Gasteiger partial charge in [0.1, 0.15) is 11.6 Å². The molecule has 7 nitrogen and oxygen atoms in total. The average molecular weight is 467 g/mol. The van der Waals surface area contributed by atoms with Gasteiger partial charge >= 0.3 is 6.03 Å². The van der Waals surface area contributed by atoms with Gasteiger partial charge < -0.3 is 19.7 Å². The fourth-order valence-electron chi connectivity index (χ4n) is 4.12. The summed E-state index contributed by atoms with van der Waals surface area (Å²) in [5.74, 6) is 0.447. The third-order valence-corrected chi connectivity index (χ3v) is 5.78. The molecule has 1 aliphatic heterocycles. The molecule has 1 unspecified atom stereocenters. The maximum Gasteiger partial charge on any atom is 0.317 e. The van der Waals surface area contributed by atoms with Crippen LogP contribution in [-0.2, 0) is 17.7 Å². The molecule has 8 heteroatoms. The number of carbonyl (C=O) groups is 1. The number of para-hydroxylation sites is 1. The van der Waals surface area contributed by atoms with E-state index in [0.29, 0.717) is 44.3 Å². The van der Waals surface area contributed by atoms with Crippen molar-refractivity contribution in [3.05, 3.63) is 71.7 Å². The summed E-state index contributed by atoms with van der Waals surface area (Å²) >= 11 is 0. The normalized spacial score (nSPS) is 15.3. The van der Waals surface area contributed by atoms with Crippen LogP contribution in [0, 0.1) is 5.82 Å². The van der Waals surface area contributed by atoms with Gasteiger partial charge in [-0.3, -0.25) is 0 Å². The molecule has 1 atom stereocenters. The van der Waals surface area contributed by atoms with Gasteiger partial charge in [0.25, 0.3) is 0 Å². The minimum atomic E-state index is -0.386. The molecule has 0 saturated carbocycles. The number of aryl methyl sites for hydroxylation is 1. The molecule has 4 rings (SSSR count). The molecule has 1 fully saturated rings. The second-order valence-electron chi connectivity index (χ2n) is 8.24. The molecular formula is C26H31FN4O3. The molecule has 2 amide bonds. The van der Waals surface area contributed by atoms with Crippen molar-refractivity contribution < 1.29 is 18.7 Å². The number of hydrogen-bond donors (Lipinski definition) is 1. The SMILES string of the molecule is CCNC(=O)N(Cc1c(CC)nn(-c2ccccc2)c1Oc1cccc(F)c1)CC1CCCO1. The highest BCUT2D eigenvalue weighted by Crippen LogP contribution is 2.33. The Morgan fingerprint density at radius 1 is 1.24 bits per heavy atom. The first-order valence-corrected chi connectivity index (χ1v) is 11.8. The van der Waals surface area contributed by atoms with Gasteiger partial charge in [0, 0.05) is 25.8 Å². The summed E-state index contributed by atoms with van der Waals surface area (Å²) in [4.78, 5) is 14.7.